The summed E-state index contributed by atoms with van der Waals surface area (Å²) in [5.41, 5.74) is 0.999. The Kier molecular flexibility index (Phi) is 7.57. The molecule has 3 aromatic rings. The van der Waals surface area contributed by atoms with E-state index in [9.17, 15) is 9.59 Å². The molecule has 1 aromatic heterocycles. The van der Waals surface area contributed by atoms with Crippen molar-refractivity contribution in [3.05, 3.63) is 64.7 Å². The van der Waals surface area contributed by atoms with Crippen molar-refractivity contribution in [1.82, 2.24) is 14.5 Å². The minimum atomic E-state index is -1.19. The molecular weight excluding hydrogens is 437 g/mol. The number of halogens is 2. The average molecular weight is 462 g/mol. The molecule has 0 saturated heterocycles. The fourth-order valence-corrected chi connectivity index (χ4v) is 3.93. The van der Waals surface area contributed by atoms with Gasteiger partial charge in [-0.1, -0.05) is 49.2 Å². The van der Waals surface area contributed by atoms with Crippen molar-refractivity contribution in [2.75, 3.05) is 13.7 Å². The lowest BCUT2D eigenvalue weighted by Crippen LogP contribution is -2.41. The Morgan fingerprint density at radius 2 is 1.81 bits per heavy atom. The Balaban J connectivity index is 2.29. The minimum Gasteiger partial charge on any atom is -0.497 e. The second kappa shape index (κ2) is 10.2. The van der Waals surface area contributed by atoms with E-state index in [0.717, 1.165) is 0 Å². The van der Waals surface area contributed by atoms with Crippen molar-refractivity contribution < 1.29 is 9.53 Å². The van der Waals surface area contributed by atoms with Gasteiger partial charge < -0.3 is 9.64 Å². The van der Waals surface area contributed by atoms with Crippen LogP contribution < -0.4 is 10.3 Å². The normalized spacial score (nSPS) is 12.2. The fraction of sp³-hybridized carbons (Fsp3) is 0.348. The summed E-state index contributed by atoms with van der Waals surface area (Å²) in [6, 6.07) is 13.9. The molecule has 0 saturated carbocycles. The highest BCUT2D eigenvalue weighted by atomic mass is 35.5. The first-order chi connectivity index (χ1) is 14.9. The number of aromatic nitrogens is 2. The van der Waals surface area contributed by atoms with E-state index in [1.54, 1.807) is 59.0 Å². The summed E-state index contributed by atoms with van der Waals surface area (Å²) in [7, 11) is 1.58. The van der Waals surface area contributed by atoms with Gasteiger partial charge in [-0.25, -0.2) is 4.98 Å². The number of ether oxygens (including phenoxy) is 1. The Bertz CT molecular complexity index is 1110. The standard InChI is InChI=1S/C23H25Cl2N3O3/c1-4-14-27(23(30)20(24)25)19(5-2)21-26-18-9-7-6-8-17(18)22(29)28(21)15-10-12-16(31-3)13-11-15/h6-13,19-20H,4-5,14H2,1-3H3. The molecule has 0 aliphatic carbocycles. The molecule has 164 valence electrons. The number of hydrogen-bond acceptors (Lipinski definition) is 4. The van der Waals surface area contributed by atoms with Gasteiger partial charge in [0, 0.05) is 6.54 Å². The quantitative estimate of drug-likeness (QED) is 0.448. The molecule has 0 aliphatic heterocycles. The zero-order chi connectivity index (χ0) is 22.5. The predicted octanol–water partition coefficient (Wildman–Crippen LogP) is 4.89. The minimum absolute atomic E-state index is 0.207. The summed E-state index contributed by atoms with van der Waals surface area (Å²) in [5, 5.41) is 0.498. The van der Waals surface area contributed by atoms with Gasteiger partial charge in [-0.15, -0.1) is 0 Å². The molecule has 1 atom stereocenters. The van der Waals surface area contributed by atoms with Crippen LogP contribution in [0.4, 0.5) is 0 Å². The number of fused-ring (bicyclic) bond motifs is 1. The van der Waals surface area contributed by atoms with Crippen LogP contribution in [0.2, 0.25) is 0 Å². The summed E-state index contributed by atoms with van der Waals surface area (Å²) < 4.78 is 6.81. The second-order valence-corrected chi connectivity index (χ2v) is 8.18. The van der Waals surface area contributed by atoms with Crippen LogP contribution in [0.25, 0.3) is 16.6 Å². The van der Waals surface area contributed by atoms with E-state index in [1.165, 1.54) is 0 Å². The van der Waals surface area contributed by atoms with Gasteiger partial charge in [-0.05, 0) is 49.2 Å². The molecule has 1 heterocycles. The summed E-state index contributed by atoms with van der Waals surface area (Å²) in [6.07, 6.45) is 1.25. The summed E-state index contributed by atoms with van der Waals surface area (Å²) in [6.45, 7) is 4.35. The van der Waals surface area contributed by atoms with Crippen LogP contribution in [0.1, 0.15) is 38.6 Å². The van der Waals surface area contributed by atoms with Crippen LogP contribution in [-0.4, -0.2) is 38.8 Å². The zero-order valence-electron chi connectivity index (χ0n) is 17.7. The van der Waals surface area contributed by atoms with E-state index >= 15 is 0 Å². The van der Waals surface area contributed by atoms with E-state index in [0.29, 0.717) is 47.6 Å². The predicted molar refractivity (Wildman–Crippen MR) is 124 cm³/mol. The molecule has 3 rings (SSSR count). The molecule has 0 radical (unpaired) electrons. The van der Waals surface area contributed by atoms with Crippen LogP contribution in [0, 0.1) is 0 Å². The summed E-state index contributed by atoms with van der Waals surface area (Å²) in [4.78, 5) is 31.6. The van der Waals surface area contributed by atoms with Crippen LogP contribution in [-0.2, 0) is 4.79 Å². The first-order valence-electron chi connectivity index (χ1n) is 10.2. The van der Waals surface area contributed by atoms with Gasteiger partial charge in [-0.2, -0.15) is 0 Å². The largest absolute Gasteiger partial charge is 0.497 e. The smallest absolute Gasteiger partial charge is 0.266 e. The third-order valence-electron chi connectivity index (χ3n) is 5.13. The summed E-state index contributed by atoms with van der Waals surface area (Å²) in [5.74, 6) is 0.738. The van der Waals surface area contributed by atoms with Crippen molar-refractivity contribution in [1.29, 1.82) is 0 Å². The SMILES string of the molecule is CCCN(C(=O)C(Cl)Cl)C(CC)c1nc2ccccc2c(=O)n1-c1ccc(OC)cc1. The lowest BCUT2D eigenvalue weighted by molar-refractivity contribution is -0.132. The lowest BCUT2D eigenvalue weighted by Gasteiger charge is -2.32. The van der Waals surface area contributed by atoms with Crippen molar-refractivity contribution in [2.45, 2.75) is 37.6 Å². The number of hydrogen-bond donors (Lipinski definition) is 0. The molecule has 0 spiro atoms. The van der Waals surface area contributed by atoms with E-state index in [-0.39, 0.29) is 5.56 Å². The maximum Gasteiger partial charge on any atom is 0.266 e. The molecule has 0 N–H and O–H groups in total. The number of rotatable bonds is 8. The van der Waals surface area contributed by atoms with Gasteiger partial charge in [0.1, 0.15) is 11.6 Å². The monoisotopic (exact) mass is 461 g/mol. The highest BCUT2D eigenvalue weighted by molar-refractivity contribution is 6.53. The van der Waals surface area contributed by atoms with Crippen molar-refractivity contribution in [2.24, 2.45) is 0 Å². The first kappa shape index (κ1) is 23.1. The number of alkyl halides is 2. The number of benzene rings is 2. The number of carbonyl (C=O) groups excluding carboxylic acids is 1. The topological polar surface area (TPSA) is 64.4 Å². The van der Waals surface area contributed by atoms with Crippen molar-refractivity contribution in [3.63, 3.8) is 0 Å². The number of carbonyl (C=O) groups is 1. The maximum atomic E-state index is 13.5. The zero-order valence-corrected chi connectivity index (χ0v) is 19.2. The van der Waals surface area contributed by atoms with Gasteiger partial charge >= 0.3 is 0 Å². The molecule has 1 amide bonds. The number of para-hydroxylation sites is 1. The van der Waals surface area contributed by atoms with Crippen molar-refractivity contribution >= 4 is 40.0 Å². The van der Waals surface area contributed by atoms with Gasteiger partial charge in [0.2, 0.25) is 0 Å². The van der Waals surface area contributed by atoms with Crippen LogP contribution >= 0.6 is 23.2 Å². The third-order valence-corrected chi connectivity index (χ3v) is 5.50. The van der Waals surface area contributed by atoms with Crippen molar-refractivity contribution in [3.8, 4) is 11.4 Å². The lowest BCUT2D eigenvalue weighted by atomic mass is 10.1. The Hall–Kier alpha value is -2.57. The molecule has 2 aromatic carbocycles. The fourth-order valence-electron chi connectivity index (χ4n) is 3.68. The van der Waals surface area contributed by atoms with E-state index in [2.05, 4.69) is 0 Å². The molecular formula is C23H25Cl2N3O3. The van der Waals surface area contributed by atoms with Crippen LogP contribution in [0.3, 0.4) is 0 Å². The molecule has 0 bridgehead atoms. The van der Waals surface area contributed by atoms with Gasteiger partial charge in [0.25, 0.3) is 11.5 Å². The first-order valence-corrected chi connectivity index (χ1v) is 11.0. The van der Waals surface area contributed by atoms with Gasteiger partial charge in [-0.3, -0.25) is 14.2 Å². The third kappa shape index (κ3) is 4.70. The molecule has 31 heavy (non-hydrogen) atoms. The van der Waals surface area contributed by atoms with Gasteiger partial charge in [0.15, 0.2) is 4.84 Å². The van der Waals surface area contributed by atoms with E-state index < -0.39 is 16.8 Å². The highest BCUT2D eigenvalue weighted by Gasteiger charge is 2.31. The Morgan fingerprint density at radius 3 is 2.39 bits per heavy atom. The molecule has 0 aliphatic rings. The second-order valence-electron chi connectivity index (χ2n) is 7.08. The number of amides is 1. The van der Waals surface area contributed by atoms with Crippen LogP contribution in [0.5, 0.6) is 5.75 Å². The Morgan fingerprint density at radius 1 is 1.13 bits per heavy atom. The van der Waals surface area contributed by atoms with Crippen LogP contribution in [0.15, 0.2) is 53.3 Å². The van der Waals surface area contributed by atoms with E-state index in [4.69, 9.17) is 32.9 Å². The molecule has 8 heteroatoms. The Labute approximate surface area is 191 Å². The van der Waals surface area contributed by atoms with E-state index in [1.807, 2.05) is 19.9 Å². The van der Waals surface area contributed by atoms with Gasteiger partial charge in [0.05, 0.1) is 29.7 Å². The number of nitrogens with zero attached hydrogens (tertiary/aromatic N) is 3. The highest BCUT2D eigenvalue weighted by Crippen LogP contribution is 2.28. The maximum absolute atomic E-state index is 13.5. The number of methoxy groups -OCH3 is 1. The average Bonchev–Trinajstić information content (AvgIpc) is 2.79. The molecule has 1 unspecified atom stereocenters. The molecule has 0 fully saturated rings. The molecule has 6 nitrogen and oxygen atoms in total. The summed E-state index contributed by atoms with van der Waals surface area (Å²) >= 11 is 11.9.